The van der Waals surface area contributed by atoms with Gasteiger partial charge in [-0.3, -0.25) is 9.48 Å². The van der Waals surface area contributed by atoms with Crippen LogP contribution in [0.1, 0.15) is 32.9 Å². The molecule has 0 saturated carbocycles. The zero-order chi connectivity index (χ0) is 23.5. The van der Waals surface area contributed by atoms with Crippen molar-refractivity contribution in [3.8, 4) is 5.75 Å². The molecule has 0 atom stereocenters. The minimum absolute atomic E-state index is 0.0960. The summed E-state index contributed by atoms with van der Waals surface area (Å²) in [6.07, 6.45) is -3.61. The van der Waals surface area contributed by atoms with Gasteiger partial charge in [-0.05, 0) is 54.5 Å². The van der Waals surface area contributed by atoms with Gasteiger partial charge < -0.3 is 9.64 Å². The molecule has 32 heavy (non-hydrogen) atoms. The zero-order valence-corrected chi connectivity index (χ0v) is 17.7. The van der Waals surface area contributed by atoms with Crippen molar-refractivity contribution < 1.29 is 27.1 Å². The normalized spacial score (nSPS) is 12.0. The van der Waals surface area contributed by atoms with Crippen molar-refractivity contribution in [2.24, 2.45) is 0 Å². The van der Waals surface area contributed by atoms with Gasteiger partial charge in [0.1, 0.15) is 11.4 Å². The summed E-state index contributed by atoms with van der Waals surface area (Å²) in [5.74, 6) is -1.14. The summed E-state index contributed by atoms with van der Waals surface area (Å²) >= 11 is 0. The molecular weight excluding hydrogens is 426 g/mol. The zero-order valence-electron chi connectivity index (χ0n) is 17.7. The average molecular weight is 447 g/mol. The minimum atomic E-state index is -4.79. The summed E-state index contributed by atoms with van der Waals surface area (Å²) < 4.78 is 56.9. The highest BCUT2D eigenvalue weighted by Crippen LogP contribution is 2.25. The lowest BCUT2D eigenvalue weighted by atomic mass is 10.1. The molecule has 0 aliphatic rings. The summed E-state index contributed by atoms with van der Waals surface area (Å²) in [5.41, 5.74) is 2.54. The van der Waals surface area contributed by atoms with Gasteiger partial charge >= 0.3 is 6.36 Å². The molecule has 3 aromatic rings. The Balaban J connectivity index is 1.76. The predicted octanol–water partition coefficient (Wildman–Crippen LogP) is 5.31. The largest absolute Gasteiger partial charge is 0.573 e. The van der Waals surface area contributed by atoms with Crippen LogP contribution in [0.3, 0.4) is 0 Å². The second-order valence-corrected chi connectivity index (χ2v) is 7.34. The van der Waals surface area contributed by atoms with Gasteiger partial charge in [0.2, 0.25) is 0 Å². The lowest BCUT2D eigenvalue weighted by molar-refractivity contribution is -0.274. The van der Waals surface area contributed by atoms with Gasteiger partial charge in [-0.15, -0.1) is 13.2 Å². The smallest absolute Gasteiger partial charge is 0.406 e. The van der Waals surface area contributed by atoms with Crippen molar-refractivity contribution in [2.75, 3.05) is 14.1 Å². The van der Waals surface area contributed by atoms with Crippen LogP contribution in [-0.2, 0) is 6.54 Å². The first kappa shape index (κ1) is 23.1. The molecule has 0 bridgehead atoms. The molecule has 168 valence electrons. The first-order valence-corrected chi connectivity index (χ1v) is 9.60. The van der Waals surface area contributed by atoms with E-state index >= 15 is 0 Å². The Bertz CT molecular complexity index is 1130. The average Bonchev–Trinajstić information content (AvgIpc) is 3.08. The first-order chi connectivity index (χ1) is 15.0. The van der Waals surface area contributed by atoms with Crippen molar-refractivity contribution in [3.05, 3.63) is 82.7 Å². The summed E-state index contributed by atoms with van der Waals surface area (Å²) in [7, 11) is 3.34. The van der Waals surface area contributed by atoms with E-state index in [1.165, 1.54) is 23.1 Å². The number of carbonyl (C=O) groups is 1. The summed E-state index contributed by atoms with van der Waals surface area (Å²) in [4.78, 5) is 13.6. The molecule has 0 aliphatic heterocycles. The standard InChI is InChI=1S/C23H21F4N3O2/c1-15-11-21(20(24)13-16-7-9-19(10-8-16)32-23(25,26)27)28-30(15)14-17-5-4-6-18(12-17)22(31)29(2)3/h4-13H,14H2,1-3H3. The Hall–Kier alpha value is -3.62. The number of halogens is 4. The molecule has 0 N–H and O–H groups in total. The van der Waals surface area contributed by atoms with E-state index < -0.39 is 12.2 Å². The van der Waals surface area contributed by atoms with Gasteiger partial charge in [-0.1, -0.05) is 24.3 Å². The number of aromatic nitrogens is 2. The number of rotatable bonds is 6. The van der Waals surface area contributed by atoms with E-state index in [0.29, 0.717) is 23.4 Å². The Labute approximate surface area is 182 Å². The Morgan fingerprint density at radius 1 is 1.12 bits per heavy atom. The molecule has 0 radical (unpaired) electrons. The topological polar surface area (TPSA) is 47.4 Å². The van der Waals surface area contributed by atoms with E-state index in [4.69, 9.17) is 0 Å². The number of nitrogens with zero attached hydrogens (tertiary/aromatic N) is 3. The fourth-order valence-corrected chi connectivity index (χ4v) is 3.01. The lowest BCUT2D eigenvalue weighted by Crippen LogP contribution is -2.21. The molecule has 0 spiro atoms. The van der Waals surface area contributed by atoms with Gasteiger partial charge in [0.15, 0.2) is 5.83 Å². The number of alkyl halides is 3. The molecular formula is C23H21F4N3O2. The number of benzene rings is 2. The van der Waals surface area contributed by atoms with Gasteiger partial charge in [0, 0.05) is 25.4 Å². The van der Waals surface area contributed by atoms with Crippen molar-refractivity contribution in [2.45, 2.75) is 19.8 Å². The van der Waals surface area contributed by atoms with E-state index in [0.717, 1.165) is 17.7 Å². The van der Waals surface area contributed by atoms with E-state index in [9.17, 15) is 22.4 Å². The van der Waals surface area contributed by atoms with Gasteiger partial charge in [0.05, 0.1) is 6.54 Å². The summed E-state index contributed by atoms with van der Waals surface area (Å²) in [6.45, 7) is 2.12. The molecule has 0 aliphatic carbocycles. The highest BCUT2D eigenvalue weighted by molar-refractivity contribution is 5.94. The second-order valence-electron chi connectivity index (χ2n) is 7.34. The van der Waals surface area contributed by atoms with Crippen LogP contribution in [0.15, 0.2) is 54.6 Å². The van der Waals surface area contributed by atoms with Crippen LogP contribution in [0.2, 0.25) is 0 Å². The van der Waals surface area contributed by atoms with Crippen LogP contribution in [0.5, 0.6) is 5.75 Å². The highest BCUT2D eigenvalue weighted by atomic mass is 19.4. The molecule has 0 saturated heterocycles. The predicted molar refractivity (Wildman–Crippen MR) is 113 cm³/mol. The second kappa shape index (κ2) is 9.25. The number of ether oxygens (including phenoxy) is 1. The van der Waals surface area contributed by atoms with E-state index in [2.05, 4.69) is 9.84 Å². The van der Waals surface area contributed by atoms with Crippen molar-refractivity contribution in [1.29, 1.82) is 0 Å². The van der Waals surface area contributed by atoms with Crippen molar-refractivity contribution >= 4 is 17.8 Å². The monoisotopic (exact) mass is 447 g/mol. The van der Waals surface area contributed by atoms with Gasteiger partial charge in [-0.2, -0.15) is 5.10 Å². The van der Waals surface area contributed by atoms with Gasteiger partial charge in [-0.25, -0.2) is 4.39 Å². The Morgan fingerprint density at radius 2 is 1.81 bits per heavy atom. The summed E-state index contributed by atoms with van der Waals surface area (Å²) in [6, 6.07) is 13.5. The number of aryl methyl sites for hydroxylation is 1. The molecule has 1 heterocycles. The Kier molecular flexibility index (Phi) is 6.67. The Morgan fingerprint density at radius 3 is 2.44 bits per heavy atom. The fourth-order valence-electron chi connectivity index (χ4n) is 3.01. The van der Waals surface area contributed by atoms with E-state index in [1.54, 1.807) is 50.0 Å². The number of amides is 1. The molecule has 1 aromatic heterocycles. The summed E-state index contributed by atoms with van der Waals surface area (Å²) in [5, 5.41) is 4.28. The maximum absolute atomic E-state index is 14.7. The van der Waals surface area contributed by atoms with Crippen LogP contribution in [0.25, 0.3) is 11.9 Å². The van der Waals surface area contributed by atoms with Gasteiger partial charge in [0.25, 0.3) is 5.91 Å². The molecule has 0 fully saturated rings. The van der Waals surface area contributed by atoms with Crippen LogP contribution in [0, 0.1) is 6.92 Å². The van der Waals surface area contributed by atoms with Crippen molar-refractivity contribution in [3.63, 3.8) is 0 Å². The van der Waals surface area contributed by atoms with E-state index in [1.807, 2.05) is 6.07 Å². The number of hydrogen-bond acceptors (Lipinski definition) is 3. The lowest BCUT2D eigenvalue weighted by Gasteiger charge is -2.11. The van der Waals surface area contributed by atoms with Crippen molar-refractivity contribution in [1.82, 2.24) is 14.7 Å². The highest BCUT2D eigenvalue weighted by Gasteiger charge is 2.30. The molecule has 1 amide bonds. The molecule has 5 nitrogen and oxygen atoms in total. The molecule has 3 rings (SSSR count). The maximum atomic E-state index is 14.7. The van der Waals surface area contributed by atoms with Crippen LogP contribution >= 0.6 is 0 Å². The van der Waals surface area contributed by atoms with E-state index in [-0.39, 0.29) is 17.4 Å². The van der Waals surface area contributed by atoms with Crippen LogP contribution in [-0.4, -0.2) is 41.0 Å². The van der Waals surface area contributed by atoms with Crippen LogP contribution < -0.4 is 4.74 Å². The third-order valence-electron chi connectivity index (χ3n) is 4.55. The first-order valence-electron chi connectivity index (χ1n) is 9.60. The van der Waals surface area contributed by atoms with Crippen LogP contribution in [0.4, 0.5) is 17.6 Å². The fraction of sp³-hybridized carbons (Fsp3) is 0.217. The molecule has 0 unspecified atom stereocenters. The SMILES string of the molecule is Cc1cc(C(F)=Cc2ccc(OC(F)(F)F)cc2)nn1Cc1cccc(C(=O)N(C)C)c1. The number of carbonyl (C=O) groups excluding carboxylic acids is 1. The third kappa shape index (κ3) is 5.96. The maximum Gasteiger partial charge on any atom is 0.573 e. The molecule has 9 heteroatoms. The quantitative estimate of drug-likeness (QED) is 0.482. The number of hydrogen-bond donors (Lipinski definition) is 0. The minimum Gasteiger partial charge on any atom is -0.406 e. The molecule has 2 aromatic carbocycles. The third-order valence-corrected chi connectivity index (χ3v) is 4.55.